The Morgan fingerprint density at radius 2 is 2.04 bits per heavy atom. The van der Waals surface area contributed by atoms with E-state index in [4.69, 9.17) is 5.73 Å². The predicted molar refractivity (Wildman–Crippen MR) is 97.1 cm³/mol. The minimum absolute atomic E-state index is 0. The van der Waals surface area contributed by atoms with Gasteiger partial charge in [0.25, 0.3) is 0 Å². The molecule has 4 N–H and O–H groups in total. The van der Waals surface area contributed by atoms with E-state index in [2.05, 4.69) is 27.2 Å². The summed E-state index contributed by atoms with van der Waals surface area (Å²) in [6.45, 7) is 7.20. The number of nitrogens with two attached hydrogens (primary N) is 1. The highest BCUT2D eigenvalue weighted by molar-refractivity contribution is 14.0. The number of nitrogens with one attached hydrogen (secondary N) is 2. The van der Waals surface area contributed by atoms with E-state index in [-0.39, 0.29) is 24.0 Å². The van der Waals surface area contributed by atoms with Crippen LogP contribution < -0.4 is 16.4 Å². The van der Waals surface area contributed by atoms with Gasteiger partial charge < -0.3 is 16.4 Å². The third-order valence-corrected chi connectivity index (χ3v) is 2.58. The normalized spacial score (nSPS) is 11.6. The summed E-state index contributed by atoms with van der Waals surface area (Å²) in [5, 5.41) is 5.86. The summed E-state index contributed by atoms with van der Waals surface area (Å²) >= 11 is 0. The molecule has 0 atom stereocenters. The van der Waals surface area contributed by atoms with Crippen molar-refractivity contribution >= 4 is 35.8 Å². The highest BCUT2D eigenvalue weighted by atomic mass is 127. The molecule has 0 bridgehead atoms. The van der Waals surface area contributed by atoms with E-state index in [0.29, 0.717) is 37.8 Å². The first-order valence-electron chi connectivity index (χ1n) is 6.74. The number of anilines is 1. The van der Waals surface area contributed by atoms with Crippen molar-refractivity contribution in [2.75, 3.05) is 25.0 Å². The number of aliphatic imine (C=N–C) groups is 1. The molecule has 5 nitrogen and oxygen atoms in total. The number of guanidine groups is 1. The van der Waals surface area contributed by atoms with Crippen molar-refractivity contribution in [3.05, 3.63) is 36.0 Å². The van der Waals surface area contributed by atoms with Gasteiger partial charge in [0, 0.05) is 19.3 Å². The molecule has 0 aliphatic heterocycles. The first-order chi connectivity index (χ1) is 10.3. The van der Waals surface area contributed by atoms with Crippen LogP contribution in [0.25, 0.3) is 0 Å². The predicted octanol–water partition coefficient (Wildman–Crippen LogP) is 3.00. The molecule has 0 fully saturated rings. The number of nitrogens with zero attached hydrogens (tertiary/aromatic N) is 2. The molecule has 0 aromatic carbocycles. The molecule has 1 aromatic heterocycles. The molecule has 0 radical (unpaired) electrons. The van der Waals surface area contributed by atoms with Crippen molar-refractivity contribution < 1.29 is 13.2 Å². The van der Waals surface area contributed by atoms with Gasteiger partial charge in [-0.1, -0.05) is 12.2 Å². The van der Waals surface area contributed by atoms with Crippen molar-refractivity contribution in [2.45, 2.75) is 19.5 Å². The minimum atomic E-state index is -4.36. The lowest BCUT2D eigenvalue weighted by Gasteiger charge is -2.09. The number of aromatic nitrogens is 1. The largest absolute Gasteiger partial charge is 0.417 e. The fourth-order valence-corrected chi connectivity index (χ4v) is 1.46. The molecule has 130 valence electrons. The minimum Gasteiger partial charge on any atom is -0.370 e. The molecule has 0 saturated carbocycles. The van der Waals surface area contributed by atoms with Crippen LogP contribution in [0.15, 0.2) is 35.5 Å². The van der Waals surface area contributed by atoms with Gasteiger partial charge in [-0.3, -0.25) is 0 Å². The van der Waals surface area contributed by atoms with Crippen molar-refractivity contribution in [2.24, 2.45) is 10.7 Å². The van der Waals surface area contributed by atoms with E-state index in [0.717, 1.165) is 17.8 Å². The first-order valence-corrected chi connectivity index (χ1v) is 6.74. The number of hydrogen-bond acceptors (Lipinski definition) is 3. The van der Waals surface area contributed by atoms with Crippen molar-refractivity contribution in [1.82, 2.24) is 10.3 Å². The fraction of sp³-hybridized carbons (Fsp3) is 0.429. The number of halogens is 4. The Kier molecular flexibility index (Phi) is 9.61. The Bertz CT molecular complexity index is 514. The van der Waals surface area contributed by atoms with Crippen molar-refractivity contribution in [1.29, 1.82) is 0 Å². The lowest BCUT2D eigenvalue weighted by atomic mass is 10.3. The average molecular weight is 443 g/mol. The molecule has 1 rings (SSSR count). The zero-order chi connectivity index (χ0) is 16.6. The summed E-state index contributed by atoms with van der Waals surface area (Å²) in [6.07, 6.45) is -2.84. The molecule has 0 aliphatic rings. The maximum Gasteiger partial charge on any atom is 0.417 e. The van der Waals surface area contributed by atoms with E-state index >= 15 is 0 Å². The quantitative estimate of drug-likeness (QED) is 0.199. The summed E-state index contributed by atoms with van der Waals surface area (Å²) in [5.41, 5.74) is 5.78. The third kappa shape index (κ3) is 9.26. The van der Waals surface area contributed by atoms with Gasteiger partial charge in [0.05, 0.1) is 12.1 Å². The van der Waals surface area contributed by atoms with Crippen molar-refractivity contribution in [3.63, 3.8) is 0 Å². The molecule has 0 saturated heterocycles. The zero-order valence-corrected chi connectivity index (χ0v) is 15.1. The van der Waals surface area contributed by atoms with Crippen LogP contribution in [0.2, 0.25) is 0 Å². The summed E-state index contributed by atoms with van der Waals surface area (Å²) in [7, 11) is 0. The maximum absolute atomic E-state index is 12.4. The average Bonchev–Trinajstić information content (AvgIpc) is 2.44. The third-order valence-electron chi connectivity index (χ3n) is 2.58. The molecule has 0 amide bonds. The first kappa shape index (κ1) is 21.5. The molecular formula is C14H21F3IN5. The van der Waals surface area contributed by atoms with Gasteiger partial charge in [0.15, 0.2) is 5.96 Å². The van der Waals surface area contributed by atoms with Crippen LogP contribution in [0.4, 0.5) is 19.0 Å². The number of pyridine rings is 1. The molecule has 23 heavy (non-hydrogen) atoms. The van der Waals surface area contributed by atoms with Gasteiger partial charge in [-0.05, 0) is 25.5 Å². The number of hydrogen-bond donors (Lipinski definition) is 3. The Morgan fingerprint density at radius 3 is 2.57 bits per heavy atom. The molecule has 1 aromatic rings. The Morgan fingerprint density at radius 1 is 1.35 bits per heavy atom. The fourth-order valence-electron chi connectivity index (χ4n) is 1.46. The van der Waals surface area contributed by atoms with Crippen LogP contribution in [0, 0.1) is 0 Å². The summed E-state index contributed by atoms with van der Waals surface area (Å²) in [4.78, 5) is 7.77. The molecule has 0 aliphatic carbocycles. The number of alkyl halides is 3. The summed E-state index contributed by atoms with van der Waals surface area (Å²) in [6, 6.07) is 2.30. The number of rotatable bonds is 7. The van der Waals surface area contributed by atoms with Gasteiger partial charge in [0.1, 0.15) is 5.82 Å². The van der Waals surface area contributed by atoms with E-state index in [1.165, 1.54) is 6.07 Å². The van der Waals surface area contributed by atoms with E-state index in [1.807, 2.05) is 6.92 Å². The second kappa shape index (κ2) is 10.3. The smallest absolute Gasteiger partial charge is 0.370 e. The molecule has 0 spiro atoms. The molecule has 0 unspecified atom stereocenters. The van der Waals surface area contributed by atoms with Crippen molar-refractivity contribution in [3.8, 4) is 0 Å². The lowest BCUT2D eigenvalue weighted by molar-refractivity contribution is -0.137. The van der Waals surface area contributed by atoms with Crippen LogP contribution >= 0.6 is 24.0 Å². The maximum atomic E-state index is 12.4. The Labute approximate surface area is 150 Å². The monoisotopic (exact) mass is 443 g/mol. The molecular weight excluding hydrogens is 422 g/mol. The summed E-state index contributed by atoms with van der Waals surface area (Å²) < 4.78 is 37.1. The van der Waals surface area contributed by atoms with E-state index in [1.54, 1.807) is 0 Å². The second-order valence-corrected chi connectivity index (χ2v) is 4.80. The van der Waals surface area contributed by atoms with Gasteiger partial charge in [-0.15, -0.1) is 24.0 Å². The van der Waals surface area contributed by atoms with Crippen LogP contribution in [0.5, 0.6) is 0 Å². The van der Waals surface area contributed by atoms with Crippen LogP contribution in [0.3, 0.4) is 0 Å². The highest BCUT2D eigenvalue weighted by Gasteiger charge is 2.30. The van der Waals surface area contributed by atoms with Crippen LogP contribution in [0.1, 0.15) is 18.9 Å². The van der Waals surface area contributed by atoms with Gasteiger partial charge in [0.2, 0.25) is 0 Å². The van der Waals surface area contributed by atoms with Gasteiger partial charge >= 0.3 is 6.18 Å². The topological polar surface area (TPSA) is 75.3 Å². The van der Waals surface area contributed by atoms with Crippen LogP contribution in [-0.4, -0.2) is 30.6 Å². The second-order valence-electron chi connectivity index (χ2n) is 4.80. The van der Waals surface area contributed by atoms with E-state index < -0.39 is 11.7 Å². The van der Waals surface area contributed by atoms with E-state index in [9.17, 15) is 13.2 Å². The SMILES string of the molecule is C=C(C)CN=C(N)NCCCNc1ccc(C(F)(F)F)cn1.I. The van der Waals surface area contributed by atoms with Crippen LogP contribution in [-0.2, 0) is 6.18 Å². The summed E-state index contributed by atoms with van der Waals surface area (Å²) in [5.74, 6) is 0.743. The Balaban J connectivity index is 0.00000484. The van der Waals surface area contributed by atoms with Gasteiger partial charge in [-0.2, -0.15) is 13.2 Å². The molecule has 1 heterocycles. The molecule has 9 heteroatoms. The standard InChI is InChI=1S/C14H20F3N5.HI/c1-10(2)8-22-13(18)20-7-3-6-19-12-5-4-11(9-21-12)14(15,16)17;/h4-5,9H,1,3,6-8H2,2H3,(H,19,21)(H3,18,20,22);1H. The lowest BCUT2D eigenvalue weighted by Crippen LogP contribution is -2.33. The van der Waals surface area contributed by atoms with Gasteiger partial charge in [-0.25, -0.2) is 9.98 Å². The zero-order valence-electron chi connectivity index (χ0n) is 12.8. The highest BCUT2D eigenvalue weighted by Crippen LogP contribution is 2.28. The Hall–Kier alpha value is -1.52.